The van der Waals surface area contributed by atoms with Crippen molar-refractivity contribution in [2.24, 2.45) is 17.8 Å². The molecule has 1 aliphatic carbocycles. The second-order valence-corrected chi connectivity index (χ2v) is 7.34. The summed E-state index contributed by atoms with van der Waals surface area (Å²) in [6, 6.07) is 0.718. The Bertz CT molecular complexity index is 255. The fourth-order valence-electron chi connectivity index (χ4n) is 3.60. The van der Waals surface area contributed by atoms with E-state index in [1.165, 1.54) is 38.9 Å². The van der Waals surface area contributed by atoms with Gasteiger partial charge in [-0.05, 0) is 64.7 Å². The fraction of sp³-hybridized carbons (Fsp3) is 1.00. The third-order valence-corrected chi connectivity index (χ3v) is 4.79. The normalized spacial score (nSPS) is 31.2. The Balaban J connectivity index is 2.52. The lowest BCUT2D eigenvalue weighted by Crippen LogP contribution is -2.49. The number of likely N-dealkylation sites (N-methyl/N-ethyl adjacent to an activating group) is 2. The molecule has 1 N–H and O–H groups in total. The highest BCUT2D eigenvalue weighted by Gasteiger charge is 2.33. The van der Waals surface area contributed by atoms with Gasteiger partial charge in [-0.15, -0.1) is 0 Å². The molecule has 4 unspecified atom stereocenters. The number of hydrogen-bond acceptors (Lipinski definition) is 3. The third kappa shape index (κ3) is 6.11. The summed E-state index contributed by atoms with van der Waals surface area (Å²) in [5.74, 6) is 2.53. The summed E-state index contributed by atoms with van der Waals surface area (Å²) in [6.45, 7) is 11.9. The molecule has 1 fully saturated rings. The van der Waals surface area contributed by atoms with Crippen LogP contribution in [-0.4, -0.2) is 63.2 Å². The lowest BCUT2D eigenvalue weighted by atomic mass is 9.72. The van der Waals surface area contributed by atoms with E-state index in [1.807, 2.05) is 0 Å². The smallest absolute Gasteiger partial charge is 0.0113 e. The molecule has 3 nitrogen and oxygen atoms in total. The van der Waals surface area contributed by atoms with Crippen LogP contribution in [0.4, 0.5) is 0 Å². The van der Waals surface area contributed by atoms with Gasteiger partial charge >= 0.3 is 0 Å². The van der Waals surface area contributed by atoms with Crippen LogP contribution in [0.5, 0.6) is 0 Å². The van der Waals surface area contributed by atoms with Crippen LogP contribution in [0.1, 0.15) is 40.0 Å². The summed E-state index contributed by atoms with van der Waals surface area (Å²) in [6.07, 6.45) is 4.00. The molecule has 0 bridgehead atoms. The molecule has 4 atom stereocenters. The van der Waals surface area contributed by atoms with E-state index in [0.717, 1.165) is 30.3 Å². The summed E-state index contributed by atoms with van der Waals surface area (Å²) >= 11 is 0. The molecule has 0 aromatic rings. The molecule has 0 amide bonds. The van der Waals surface area contributed by atoms with Gasteiger partial charge in [-0.2, -0.15) is 0 Å². The van der Waals surface area contributed by atoms with E-state index < -0.39 is 0 Å². The van der Waals surface area contributed by atoms with E-state index in [1.54, 1.807) is 0 Å². The van der Waals surface area contributed by atoms with Crippen molar-refractivity contribution >= 4 is 0 Å². The van der Waals surface area contributed by atoms with Gasteiger partial charge in [-0.1, -0.05) is 20.8 Å². The average molecular weight is 284 g/mol. The standard InChI is InChI=1S/C17H37N3/c1-7-8-18-17-12-14(2)11-15(3)16(17)13-20(6)10-9-19(4)5/h14-18H,7-13H2,1-6H3. The van der Waals surface area contributed by atoms with Crippen LogP contribution in [0.3, 0.4) is 0 Å². The summed E-state index contributed by atoms with van der Waals surface area (Å²) in [7, 11) is 6.60. The molecular formula is C17H37N3. The first-order chi connectivity index (χ1) is 9.43. The fourth-order valence-corrected chi connectivity index (χ4v) is 3.60. The van der Waals surface area contributed by atoms with Crippen LogP contribution < -0.4 is 5.32 Å². The van der Waals surface area contributed by atoms with E-state index >= 15 is 0 Å². The van der Waals surface area contributed by atoms with Gasteiger partial charge in [0.2, 0.25) is 0 Å². The zero-order valence-electron chi connectivity index (χ0n) is 14.7. The maximum Gasteiger partial charge on any atom is 0.0113 e. The first kappa shape index (κ1) is 17.9. The molecule has 1 saturated carbocycles. The van der Waals surface area contributed by atoms with E-state index in [-0.39, 0.29) is 0 Å². The quantitative estimate of drug-likeness (QED) is 0.738. The van der Waals surface area contributed by atoms with E-state index in [0.29, 0.717) is 0 Å². The molecule has 0 aromatic heterocycles. The summed E-state index contributed by atoms with van der Waals surface area (Å²) < 4.78 is 0. The van der Waals surface area contributed by atoms with Gasteiger partial charge < -0.3 is 15.1 Å². The number of hydrogen-bond donors (Lipinski definition) is 1. The lowest BCUT2D eigenvalue weighted by molar-refractivity contribution is 0.108. The summed E-state index contributed by atoms with van der Waals surface area (Å²) in [5, 5.41) is 3.82. The van der Waals surface area contributed by atoms with Crippen molar-refractivity contribution in [3.05, 3.63) is 0 Å². The minimum absolute atomic E-state index is 0.718. The van der Waals surface area contributed by atoms with Crippen molar-refractivity contribution in [1.29, 1.82) is 0 Å². The molecule has 1 aliphatic rings. The van der Waals surface area contributed by atoms with Crippen molar-refractivity contribution in [3.8, 4) is 0 Å². The molecule has 0 aromatic carbocycles. The van der Waals surface area contributed by atoms with Crippen LogP contribution in [0.2, 0.25) is 0 Å². The maximum atomic E-state index is 3.82. The molecule has 0 radical (unpaired) electrons. The van der Waals surface area contributed by atoms with Crippen molar-refractivity contribution in [2.45, 2.75) is 46.1 Å². The molecule has 3 heteroatoms. The van der Waals surface area contributed by atoms with E-state index in [9.17, 15) is 0 Å². The Morgan fingerprint density at radius 3 is 2.35 bits per heavy atom. The molecule has 1 rings (SSSR count). The van der Waals surface area contributed by atoms with Gasteiger partial charge in [0.15, 0.2) is 0 Å². The van der Waals surface area contributed by atoms with Gasteiger partial charge in [0, 0.05) is 25.7 Å². The average Bonchev–Trinajstić information content (AvgIpc) is 2.37. The Morgan fingerprint density at radius 2 is 1.75 bits per heavy atom. The van der Waals surface area contributed by atoms with Crippen LogP contribution in [0.15, 0.2) is 0 Å². The Kier molecular flexibility index (Phi) is 8.08. The highest BCUT2D eigenvalue weighted by molar-refractivity contribution is 4.89. The lowest BCUT2D eigenvalue weighted by Gasteiger charge is -2.42. The largest absolute Gasteiger partial charge is 0.314 e. The van der Waals surface area contributed by atoms with Crippen LogP contribution in [0, 0.1) is 17.8 Å². The molecule has 0 heterocycles. The molecule has 0 saturated heterocycles. The van der Waals surface area contributed by atoms with Gasteiger partial charge in [0.05, 0.1) is 0 Å². The minimum Gasteiger partial charge on any atom is -0.314 e. The van der Waals surface area contributed by atoms with E-state index in [2.05, 4.69) is 57.0 Å². The number of nitrogens with zero attached hydrogens (tertiary/aromatic N) is 2. The number of rotatable bonds is 8. The topological polar surface area (TPSA) is 18.5 Å². The number of nitrogens with one attached hydrogen (secondary N) is 1. The van der Waals surface area contributed by atoms with Crippen molar-refractivity contribution < 1.29 is 0 Å². The predicted octanol–water partition coefficient (Wildman–Crippen LogP) is 2.53. The second-order valence-electron chi connectivity index (χ2n) is 7.34. The zero-order chi connectivity index (χ0) is 15.1. The Hall–Kier alpha value is -0.120. The van der Waals surface area contributed by atoms with Crippen LogP contribution in [0.25, 0.3) is 0 Å². The predicted molar refractivity (Wildman–Crippen MR) is 89.2 cm³/mol. The summed E-state index contributed by atoms with van der Waals surface area (Å²) in [5.41, 5.74) is 0. The Morgan fingerprint density at radius 1 is 1.05 bits per heavy atom. The SMILES string of the molecule is CCCNC1CC(C)CC(C)C1CN(C)CCN(C)C. The van der Waals surface area contributed by atoms with Crippen LogP contribution >= 0.6 is 0 Å². The van der Waals surface area contributed by atoms with E-state index in [4.69, 9.17) is 0 Å². The third-order valence-electron chi connectivity index (χ3n) is 4.79. The maximum absolute atomic E-state index is 3.82. The zero-order valence-corrected chi connectivity index (χ0v) is 14.7. The molecule has 0 aliphatic heterocycles. The first-order valence-corrected chi connectivity index (χ1v) is 8.50. The first-order valence-electron chi connectivity index (χ1n) is 8.50. The van der Waals surface area contributed by atoms with Gasteiger partial charge in [-0.25, -0.2) is 0 Å². The monoisotopic (exact) mass is 283 g/mol. The molecule has 20 heavy (non-hydrogen) atoms. The van der Waals surface area contributed by atoms with Crippen LogP contribution in [-0.2, 0) is 0 Å². The summed E-state index contributed by atoms with van der Waals surface area (Å²) in [4.78, 5) is 4.80. The van der Waals surface area contributed by atoms with Crippen molar-refractivity contribution in [2.75, 3.05) is 47.3 Å². The van der Waals surface area contributed by atoms with Crippen molar-refractivity contribution in [1.82, 2.24) is 15.1 Å². The molecule has 0 spiro atoms. The van der Waals surface area contributed by atoms with Gasteiger partial charge in [-0.3, -0.25) is 0 Å². The second kappa shape index (κ2) is 9.01. The van der Waals surface area contributed by atoms with Gasteiger partial charge in [0.1, 0.15) is 0 Å². The highest BCUT2D eigenvalue weighted by Crippen LogP contribution is 2.34. The molecular weight excluding hydrogens is 246 g/mol. The minimum atomic E-state index is 0.718. The van der Waals surface area contributed by atoms with Gasteiger partial charge in [0.25, 0.3) is 0 Å². The highest BCUT2D eigenvalue weighted by atomic mass is 15.2. The Labute approximate surface area is 127 Å². The van der Waals surface area contributed by atoms with Crippen molar-refractivity contribution in [3.63, 3.8) is 0 Å². The molecule has 120 valence electrons.